The van der Waals surface area contributed by atoms with Gasteiger partial charge in [0.1, 0.15) is 0 Å². The molecule has 0 saturated heterocycles. The molecule has 4 nitrogen and oxygen atoms in total. The van der Waals surface area contributed by atoms with Crippen LogP contribution in [0, 0.1) is 11.3 Å². The van der Waals surface area contributed by atoms with Gasteiger partial charge in [-0.15, -0.1) is 10.2 Å². The van der Waals surface area contributed by atoms with Gasteiger partial charge >= 0.3 is 0 Å². The first kappa shape index (κ1) is 15.2. The standard InChI is InChI=1S/C12H17Cl2N3O/c1-7(12(2,3)4)6-15-11(18)8-5-9(13)16-17-10(8)14/h5,7H,6H2,1-4H3,(H,15,18). The Morgan fingerprint density at radius 1 is 1.39 bits per heavy atom. The normalized spacial score (nSPS) is 13.2. The smallest absolute Gasteiger partial charge is 0.254 e. The molecule has 0 spiro atoms. The summed E-state index contributed by atoms with van der Waals surface area (Å²) in [4.78, 5) is 11.9. The summed E-state index contributed by atoms with van der Waals surface area (Å²) in [5.41, 5.74) is 0.378. The first-order chi connectivity index (χ1) is 8.21. The maximum absolute atomic E-state index is 11.9. The van der Waals surface area contributed by atoms with Gasteiger partial charge in [-0.25, -0.2) is 0 Å². The predicted octanol–water partition coefficient (Wildman–Crippen LogP) is 3.20. The van der Waals surface area contributed by atoms with Crippen LogP contribution in [0.4, 0.5) is 0 Å². The molecular weight excluding hydrogens is 273 g/mol. The Bertz CT molecular complexity index is 443. The fraction of sp³-hybridized carbons (Fsp3) is 0.583. The lowest BCUT2D eigenvalue weighted by Crippen LogP contribution is -2.33. The zero-order valence-electron chi connectivity index (χ0n) is 10.9. The van der Waals surface area contributed by atoms with Crippen LogP contribution < -0.4 is 5.32 Å². The Morgan fingerprint density at radius 3 is 2.56 bits per heavy atom. The van der Waals surface area contributed by atoms with Gasteiger partial charge < -0.3 is 5.32 Å². The molecule has 0 radical (unpaired) electrons. The van der Waals surface area contributed by atoms with Crippen molar-refractivity contribution in [2.45, 2.75) is 27.7 Å². The lowest BCUT2D eigenvalue weighted by atomic mass is 9.82. The molecule has 18 heavy (non-hydrogen) atoms. The van der Waals surface area contributed by atoms with Crippen molar-refractivity contribution in [1.29, 1.82) is 0 Å². The second kappa shape index (κ2) is 5.85. The summed E-state index contributed by atoms with van der Waals surface area (Å²) >= 11 is 11.5. The van der Waals surface area contributed by atoms with Crippen LogP contribution in [0.5, 0.6) is 0 Å². The van der Waals surface area contributed by atoms with Gasteiger partial charge in [-0.3, -0.25) is 4.79 Å². The molecule has 1 aromatic rings. The second-order valence-corrected chi connectivity index (χ2v) is 6.09. The van der Waals surface area contributed by atoms with Crippen molar-refractivity contribution in [3.05, 3.63) is 21.9 Å². The minimum atomic E-state index is -0.284. The fourth-order valence-corrected chi connectivity index (χ4v) is 1.48. The number of aromatic nitrogens is 2. The third-order valence-corrected chi connectivity index (χ3v) is 3.47. The predicted molar refractivity (Wildman–Crippen MR) is 73.0 cm³/mol. The van der Waals surface area contributed by atoms with Gasteiger partial charge in [0.05, 0.1) is 5.56 Å². The molecule has 0 aromatic carbocycles. The summed E-state index contributed by atoms with van der Waals surface area (Å²) < 4.78 is 0. The largest absolute Gasteiger partial charge is 0.352 e. The molecule has 0 saturated carbocycles. The zero-order valence-corrected chi connectivity index (χ0v) is 12.4. The molecule has 0 bridgehead atoms. The van der Waals surface area contributed by atoms with E-state index >= 15 is 0 Å². The van der Waals surface area contributed by atoms with Crippen molar-refractivity contribution < 1.29 is 4.79 Å². The number of carbonyl (C=O) groups excluding carboxylic acids is 1. The van der Waals surface area contributed by atoms with E-state index in [-0.39, 0.29) is 27.2 Å². The molecule has 0 fully saturated rings. The first-order valence-electron chi connectivity index (χ1n) is 5.68. The van der Waals surface area contributed by atoms with Crippen molar-refractivity contribution in [1.82, 2.24) is 15.5 Å². The van der Waals surface area contributed by atoms with Crippen LogP contribution in [0.1, 0.15) is 38.1 Å². The van der Waals surface area contributed by atoms with Gasteiger partial charge in [-0.05, 0) is 17.4 Å². The van der Waals surface area contributed by atoms with Crippen molar-refractivity contribution in [2.75, 3.05) is 6.54 Å². The van der Waals surface area contributed by atoms with Crippen LogP contribution in [0.3, 0.4) is 0 Å². The third-order valence-electron chi connectivity index (χ3n) is 3.01. The van der Waals surface area contributed by atoms with Crippen LogP contribution in [-0.2, 0) is 0 Å². The van der Waals surface area contributed by atoms with E-state index in [0.29, 0.717) is 12.5 Å². The van der Waals surface area contributed by atoms with Crippen LogP contribution in [0.25, 0.3) is 0 Å². The van der Waals surface area contributed by atoms with Gasteiger partial charge in [0.15, 0.2) is 10.3 Å². The third kappa shape index (κ3) is 4.10. The van der Waals surface area contributed by atoms with E-state index in [2.05, 4.69) is 43.2 Å². The molecule has 1 rings (SSSR count). The Balaban J connectivity index is 2.69. The maximum atomic E-state index is 11.9. The van der Waals surface area contributed by atoms with Crippen LogP contribution in [0.2, 0.25) is 10.3 Å². The molecule has 0 aliphatic rings. The first-order valence-corrected chi connectivity index (χ1v) is 6.44. The highest BCUT2D eigenvalue weighted by Crippen LogP contribution is 2.24. The van der Waals surface area contributed by atoms with Gasteiger partial charge in [0.25, 0.3) is 5.91 Å². The van der Waals surface area contributed by atoms with E-state index in [1.165, 1.54) is 6.07 Å². The van der Waals surface area contributed by atoms with Crippen molar-refractivity contribution in [3.8, 4) is 0 Å². The molecule has 6 heteroatoms. The van der Waals surface area contributed by atoms with Crippen molar-refractivity contribution >= 4 is 29.1 Å². The molecule has 0 aliphatic carbocycles. The van der Waals surface area contributed by atoms with Crippen LogP contribution >= 0.6 is 23.2 Å². The lowest BCUT2D eigenvalue weighted by Gasteiger charge is -2.27. The number of hydrogen-bond donors (Lipinski definition) is 1. The highest BCUT2D eigenvalue weighted by atomic mass is 35.5. The van der Waals surface area contributed by atoms with E-state index in [0.717, 1.165) is 0 Å². The highest BCUT2D eigenvalue weighted by molar-refractivity contribution is 6.34. The van der Waals surface area contributed by atoms with Crippen LogP contribution in [-0.4, -0.2) is 22.6 Å². The average molecular weight is 290 g/mol. The van der Waals surface area contributed by atoms with Crippen LogP contribution in [0.15, 0.2) is 6.07 Å². The quantitative estimate of drug-likeness (QED) is 0.930. The Hall–Kier alpha value is -0.870. The molecule has 1 unspecified atom stereocenters. The summed E-state index contributed by atoms with van der Waals surface area (Å²) in [6, 6.07) is 1.41. The van der Waals surface area contributed by atoms with Gasteiger partial charge in [-0.1, -0.05) is 50.9 Å². The minimum Gasteiger partial charge on any atom is -0.352 e. The van der Waals surface area contributed by atoms with E-state index in [9.17, 15) is 4.79 Å². The SMILES string of the molecule is CC(CNC(=O)c1cc(Cl)nnc1Cl)C(C)(C)C. The lowest BCUT2D eigenvalue weighted by molar-refractivity contribution is 0.0936. The summed E-state index contributed by atoms with van der Waals surface area (Å²) in [7, 11) is 0. The van der Waals surface area contributed by atoms with Gasteiger partial charge in [0, 0.05) is 6.54 Å². The van der Waals surface area contributed by atoms with E-state index < -0.39 is 0 Å². The van der Waals surface area contributed by atoms with E-state index in [1.54, 1.807) is 0 Å². The number of rotatable bonds is 3. The van der Waals surface area contributed by atoms with Crippen molar-refractivity contribution in [3.63, 3.8) is 0 Å². The Labute approximate surface area is 117 Å². The molecule has 100 valence electrons. The maximum Gasteiger partial charge on any atom is 0.254 e. The molecule has 1 aromatic heterocycles. The number of halogens is 2. The number of amides is 1. The average Bonchev–Trinajstić information content (AvgIpc) is 2.27. The van der Waals surface area contributed by atoms with Gasteiger partial charge in [0.2, 0.25) is 0 Å². The number of hydrogen-bond acceptors (Lipinski definition) is 3. The van der Waals surface area contributed by atoms with E-state index in [1.807, 2.05) is 0 Å². The Morgan fingerprint density at radius 2 is 2.00 bits per heavy atom. The molecule has 1 N–H and O–H groups in total. The molecular formula is C12H17Cl2N3O. The van der Waals surface area contributed by atoms with E-state index in [4.69, 9.17) is 23.2 Å². The summed E-state index contributed by atoms with van der Waals surface area (Å²) in [5.74, 6) is 0.0541. The molecule has 0 aliphatic heterocycles. The van der Waals surface area contributed by atoms with Crippen molar-refractivity contribution in [2.24, 2.45) is 11.3 Å². The highest BCUT2D eigenvalue weighted by Gasteiger charge is 2.21. The number of nitrogens with one attached hydrogen (secondary N) is 1. The number of carbonyl (C=O) groups is 1. The monoisotopic (exact) mass is 289 g/mol. The minimum absolute atomic E-state index is 0.0558. The van der Waals surface area contributed by atoms with Gasteiger partial charge in [-0.2, -0.15) is 0 Å². The Kier molecular flexibility index (Phi) is 4.93. The number of nitrogens with zero attached hydrogens (tertiary/aromatic N) is 2. The molecule has 1 heterocycles. The summed E-state index contributed by atoms with van der Waals surface area (Å²) in [6.07, 6.45) is 0. The zero-order chi connectivity index (χ0) is 13.9. The summed E-state index contributed by atoms with van der Waals surface area (Å²) in [6.45, 7) is 9.03. The molecule has 1 amide bonds. The topological polar surface area (TPSA) is 54.9 Å². The second-order valence-electron chi connectivity index (χ2n) is 5.35. The fourth-order valence-electron chi connectivity index (χ4n) is 1.16. The molecule has 1 atom stereocenters. The summed E-state index contributed by atoms with van der Waals surface area (Å²) in [5, 5.41) is 10.2.